The molecule has 8 heteroatoms. The number of carbonyl (C=O) groups excluding carboxylic acids is 1. The first-order chi connectivity index (χ1) is 7.41. The van der Waals surface area contributed by atoms with E-state index in [0.717, 1.165) is 0 Å². The summed E-state index contributed by atoms with van der Waals surface area (Å²) in [6.45, 7) is -1.18. The number of hydrogen-bond acceptors (Lipinski definition) is 6. The van der Waals surface area contributed by atoms with Gasteiger partial charge in [-0.1, -0.05) is 0 Å². The third-order valence-corrected chi connectivity index (χ3v) is 5.65. The molecule has 0 aliphatic carbocycles. The molecule has 0 aromatic heterocycles. The van der Waals surface area contributed by atoms with Gasteiger partial charge in [0.15, 0.2) is 0 Å². The Kier molecular flexibility index (Phi) is 6.74. The van der Waals surface area contributed by atoms with Gasteiger partial charge >= 0.3 is 11.9 Å². The van der Waals surface area contributed by atoms with Gasteiger partial charge in [-0.3, -0.25) is 9.59 Å². The summed E-state index contributed by atoms with van der Waals surface area (Å²) in [5.74, 6) is -1.85. The second-order valence-electron chi connectivity index (χ2n) is 2.77. The molecule has 0 amide bonds. The largest absolute Gasteiger partial charge is 0.481 e. The number of hydrogen-bond donors (Lipinski definition) is 1. The monoisotopic (exact) mass is 270 g/mol. The third-order valence-electron chi connectivity index (χ3n) is 1.82. The van der Waals surface area contributed by atoms with Crippen LogP contribution in [-0.2, 0) is 35.2 Å². The minimum Gasteiger partial charge on any atom is -0.481 e. The van der Waals surface area contributed by atoms with Gasteiger partial charge in [-0.2, -0.15) is 0 Å². The van der Waals surface area contributed by atoms with E-state index in [4.69, 9.17) is 30.7 Å². The maximum atomic E-state index is 11.6. The molecule has 1 unspecified atom stereocenters. The van der Waals surface area contributed by atoms with Crippen LogP contribution in [0.3, 0.4) is 0 Å². The predicted octanol–water partition coefficient (Wildman–Crippen LogP) is 0.995. The van der Waals surface area contributed by atoms with Crippen LogP contribution in [0.15, 0.2) is 0 Å². The lowest BCUT2D eigenvalue weighted by Crippen LogP contribution is -2.27. The number of carboxylic acid groups (broad SMARTS) is 1. The van der Waals surface area contributed by atoms with Crippen molar-refractivity contribution in [1.82, 2.24) is 0 Å². The van der Waals surface area contributed by atoms with E-state index in [0.29, 0.717) is 0 Å². The molecular formula is C8H15O6PS. The SMILES string of the molecule is CCOC(=O)C(CC(=O)O)P(=S)(OC)OC. The van der Waals surface area contributed by atoms with Gasteiger partial charge in [0.2, 0.25) is 6.49 Å². The van der Waals surface area contributed by atoms with E-state index in [1.165, 1.54) is 14.2 Å². The van der Waals surface area contributed by atoms with Crippen molar-refractivity contribution >= 4 is 30.2 Å². The zero-order valence-corrected chi connectivity index (χ0v) is 11.0. The summed E-state index contributed by atoms with van der Waals surface area (Å²) in [4.78, 5) is 22.2. The molecule has 1 N–H and O–H groups in total. The first-order valence-electron chi connectivity index (χ1n) is 4.50. The van der Waals surface area contributed by atoms with Crippen molar-refractivity contribution in [2.24, 2.45) is 0 Å². The van der Waals surface area contributed by atoms with E-state index in [1.54, 1.807) is 6.92 Å². The Labute approximate surface area is 99.0 Å². The van der Waals surface area contributed by atoms with Crippen molar-refractivity contribution < 1.29 is 28.5 Å². The minimum atomic E-state index is -2.95. The number of aliphatic carboxylic acids is 1. The molecule has 0 fully saturated rings. The molecule has 1 atom stereocenters. The Morgan fingerprint density at radius 3 is 2.19 bits per heavy atom. The van der Waals surface area contributed by atoms with Gasteiger partial charge in [-0.05, 0) is 18.7 Å². The van der Waals surface area contributed by atoms with Gasteiger partial charge in [0.1, 0.15) is 5.66 Å². The van der Waals surface area contributed by atoms with Crippen molar-refractivity contribution in [3.05, 3.63) is 0 Å². The van der Waals surface area contributed by atoms with Crippen LogP contribution in [0.25, 0.3) is 0 Å². The lowest BCUT2D eigenvalue weighted by molar-refractivity contribution is -0.147. The van der Waals surface area contributed by atoms with Crippen LogP contribution in [-0.4, -0.2) is 43.5 Å². The van der Waals surface area contributed by atoms with Gasteiger partial charge in [-0.15, -0.1) is 0 Å². The van der Waals surface area contributed by atoms with Crippen LogP contribution in [0.4, 0.5) is 0 Å². The lowest BCUT2D eigenvalue weighted by Gasteiger charge is -2.24. The van der Waals surface area contributed by atoms with E-state index in [1.807, 2.05) is 0 Å². The van der Waals surface area contributed by atoms with Gasteiger partial charge in [-0.25, -0.2) is 0 Å². The van der Waals surface area contributed by atoms with Crippen molar-refractivity contribution in [1.29, 1.82) is 0 Å². The van der Waals surface area contributed by atoms with Crippen LogP contribution >= 0.6 is 6.49 Å². The van der Waals surface area contributed by atoms with Gasteiger partial charge < -0.3 is 18.9 Å². The molecule has 0 rings (SSSR count). The standard InChI is InChI=1S/C8H15O6PS/c1-4-14-8(11)6(5-7(9)10)15(16,12-2)13-3/h6H,4-5H2,1-3H3,(H,9,10). The van der Waals surface area contributed by atoms with Crippen LogP contribution in [0.1, 0.15) is 13.3 Å². The Morgan fingerprint density at radius 1 is 1.38 bits per heavy atom. The molecule has 0 aliphatic heterocycles. The molecule has 0 bridgehead atoms. The molecule has 0 spiro atoms. The first-order valence-corrected chi connectivity index (χ1v) is 7.21. The maximum absolute atomic E-state index is 11.6. The fourth-order valence-corrected chi connectivity index (χ4v) is 2.91. The molecule has 0 aliphatic rings. The van der Waals surface area contributed by atoms with Crippen molar-refractivity contribution in [2.75, 3.05) is 20.8 Å². The highest BCUT2D eigenvalue weighted by Crippen LogP contribution is 2.53. The molecule has 0 saturated heterocycles. The normalized spacial score (nSPS) is 13.2. The Morgan fingerprint density at radius 2 is 1.88 bits per heavy atom. The Balaban J connectivity index is 4.99. The third kappa shape index (κ3) is 4.17. The lowest BCUT2D eigenvalue weighted by atomic mass is 10.3. The van der Waals surface area contributed by atoms with Gasteiger partial charge in [0, 0.05) is 14.2 Å². The first kappa shape index (κ1) is 15.5. The van der Waals surface area contributed by atoms with Crippen LogP contribution < -0.4 is 0 Å². The molecule has 6 nitrogen and oxygen atoms in total. The molecule has 0 aromatic rings. The van der Waals surface area contributed by atoms with Gasteiger partial charge in [0.05, 0.1) is 13.0 Å². The van der Waals surface area contributed by atoms with Crippen molar-refractivity contribution in [3.63, 3.8) is 0 Å². The molecule has 0 aromatic carbocycles. The molecule has 0 saturated carbocycles. The van der Waals surface area contributed by atoms with Crippen molar-refractivity contribution in [3.8, 4) is 0 Å². The van der Waals surface area contributed by atoms with E-state index in [2.05, 4.69) is 0 Å². The average molecular weight is 270 g/mol. The van der Waals surface area contributed by atoms with E-state index in [-0.39, 0.29) is 6.61 Å². The summed E-state index contributed by atoms with van der Waals surface area (Å²) in [6, 6.07) is 0. The second-order valence-corrected chi connectivity index (χ2v) is 6.73. The number of ether oxygens (including phenoxy) is 1. The Bertz CT molecular complexity index is 297. The fraction of sp³-hybridized carbons (Fsp3) is 0.750. The zero-order chi connectivity index (χ0) is 12.8. The van der Waals surface area contributed by atoms with E-state index < -0.39 is 30.5 Å². The number of rotatable bonds is 7. The van der Waals surface area contributed by atoms with Crippen molar-refractivity contribution in [2.45, 2.75) is 19.0 Å². The number of carbonyl (C=O) groups is 2. The Hall–Kier alpha value is -0.490. The summed E-state index contributed by atoms with van der Waals surface area (Å²) in [6.07, 6.45) is -0.461. The molecule has 0 heterocycles. The predicted molar refractivity (Wildman–Crippen MR) is 61.0 cm³/mol. The number of carboxylic acids is 1. The molecular weight excluding hydrogens is 255 g/mol. The molecule has 94 valence electrons. The van der Waals surface area contributed by atoms with Crippen LogP contribution in [0.5, 0.6) is 0 Å². The number of esters is 1. The minimum absolute atomic E-state index is 0.151. The molecule has 16 heavy (non-hydrogen) atoms. The summed E-state index contributed by atoms with van der Waals surface area (Å²) >= 11 is 5.04. The van der Waals surface area contributed by atoms with Gasteiger partial charge in [0.25, 0.3) is 0 Å². The highest BCUT2D eigenvalue weighted by Gasteiger charge is 2.38. The fourth-order valence-electron chi connectivity index (χ4n) is 1.06. The second kappa shape index (κ2) is 6.96. The zero-order valence-electron chi connectivity index (χ0n) is 9.34. The quantitative estimate of drug-likeness (QED) is 0.545. The van der Waals surface area contributed by atoms with Crippen LogP contribution in [0, 0.1) is 0 Å². The average Bonchev–Trinajstić information content (AvgIpc) is 2.25. The summed E-state index contributed by atoms with van der Waals surface area (Å²) in [5.41, 5.74) is -1.07. The summed E-state index contributed by atoms with van der Waals surface area (Å²) in [7, 11) is 2.58. The van der Waals surface area contributed by atoms with Crippen LogP contribution in [0.2, 0.25) is 0 Å². The maximum Gasteiger partial charge on any atom is 0.319 e. The van der Waals surface area contributed by atoms with E-state index in [9.17, 15) is 9.59 Å². The smallest absolute Gasteiger partial charge is 0.319 e. The summed E-state index contributed by atoms with van der Waals surface area (Å²) < 4.78 is 14.7. The highest BCUT2D eigenvalue weighted by molar-refractivity contribution is 8.10. The van der Waals surface area contributed by atoms with E-state index >= 15 is 0 Å². The highest BCUT2D eigenvalue weighted by atomic mass is 32.5. The topological polar surface area (TPSA) is 82.1 Å². The molecule has 0 radical (unpaired) electrons. The summed E-state index contributed by atoms with van der Waals surface area (Å²) in [5, 5.41) is 8.71.